The lowest BCUT2D eigenvalue weighted by molar-refractivity contribution is -0.165. The molecule has 0 heterocycles. The zero-order valence-corrected chi connectivity index (χ0v) is 12.2. The van der Waals surface area contributed by atoms with Crippen LogP contribution in [0.25, 0.3) is 0 Å². The topological polar surface area (TPSA) is 55.8 Å². The van der Waals surface area contributed by atoms with E-state index >= 15 is 0 Å². The average Bonchev–Trinajstić information content (AvgIpc) is 2.83. The molecule has 0 saturated heterocycles. The van der Waals surface area contributed by atoms with Gasteiger partial charge in [-0.15, -0.1) is 0 Å². The molecule has 1 saturated carbocycles. The summed E-state index contributed by atoms with van der Waals surface area (Å²) in [7, 11) is 0. The predicted molar refractivity (Wildman–Crippen MR) is 74.0 cm³/mol. The first-order valence-electron chi connectivity index (χ1n) is 6.38. The van der Waals surface area contributed by atoms with Crippen molar-refractivity contribution in [1.29, 1.82) is 0 Å². The van der Waals surface area contributed by atoms with Gasteiger partial charge in [0.05, 0.1) is 0 Å². The third-order valence-corrected chi connectivity index (χ3v) is 3.69. The molecule has 0 spiro atoms. The molecule has 0 radical (unpaired) electrons. The number of halogens is 1. The smallest absolute Gasteiger partial charge is 0.338 e. The van der Waals surface area contributed by atoms with E-state index in [1.54, 1.807) is 0 Å². The fraction of sp³-hybridized carbons (Fsp3) is 0.500. The van der Waals surface area contributed by atoms with Gasteiger partial charge in [-0.2, -0.15) is 0 Å². The Balaban J connectivity index is 1.71. The molecular formula is C14H17BrO4. The summed E-state index contributed by atoms with van der Waals surface area (Å²) in [6, 6.07) is 7.44. The zero-order chi connectivity index (χ0) is 13.7. The van der Waals surface area contributed by atoms with E-state index in [0.717, 1.165) is 17.3 Å². The number of rotatable bonds is 5. The van der Waals surface area contributed by atoms with Gasteiger partial charge in [0.15, 0.2) is 5.60 Å². The number of ether oxygens (including phenoxy) is 2. The summed E-state index contributed by atoms with van der Waals surface area (Å²) in [6.45, 7) is 0.423. The van der Waals surface area contributed by atoms with Crippen LogP contribution in [0.15, 0.2) is 28.7 Å². The molecule has 0 atom stereocenters. The molecule has 1 aliphatic rings. The van der Waals surface area contributed by atoms with Crippen molar-refractivity contribution in [3.05, 3.63) is 28.7 Å². The van der Waals surface area contributed by atoms with Gasteiger partial charge in [0.2, 0.25) is 0 Å². The highest BCUT2D eigenvalue weighted by molar-refractivity contribution is 9.10. The highest BCUT2D eigenvalue weighted by Crippen LogP contribution is 2.30. The van der Waals surface area contributed by atoms with Gasteiger partial charge in [-0.05, 0) is 43.9 Å². The number of hydrogen-bond donors (Lipinski definition) is 1. The second-order valence-electron chi connectivity index (χ2n) is 4.68. The molecule has 0 aromatic heterocycles. The van der Waals surface area contributed by atoms with Crippen molar-refractivity contribution in [2.75, 3.05) is 13.2 Å². The molecule has 1 aliphatic carbocycles. The minimum atomic E-state index is -1.27. The summed E-state index contributed by atoms with van der Waals surface area (Å²) in [6.07, 6.45) is 2.75. The van der Waals surface area contributed by atoms with E-state index in [2.05, 4.69) is 15.9 Å². The number of carbonyl (C=O) groups excluding carboxylic acids is 1. The molecule has 0 aliphatic heterocycles. The van der Waals surface area contributed by atoms with E-state index in [1.165, 1.54) is 0 Å². The summed E-state index contributed by atoms with van der Waals surface area (Å²) < 4.78 is 11.4. The SMILES string of the molecule is O=C(OCCOc1cccc(Br)c1)C1(O)CCCC1. The predicted octanol–water partition coefficient (Wildman–Crippen LogP) is 2.68. The quantitative estimate of drug-likeness (QED) is 0.667. The monoisotopic (exact) mass is 328 g/mol. The molecule has 19 heavy (non-hydrogen) atoms. The van der Waals surface area contributed by atoms with Crippen molar-refractivity contribution in [1.82, 2.24) is 0 Å². The van der Waals surface area contributed by atoms with Crippen LogP contribution in [0.4, 0.5) is 0 Å². The van der Waals surface area contributed by atoms with Crippen molar-refractivity contribution >= 4 is 21.9 Å². The van der Waals surface area contributed by atoms with E-state index in [0.29, 0.717) is 18.6 Å². The summed E-state index contributed by atoms with van der Waals surface area (Å²) in [5, 5.41) is 9.99. The molecule has 0 amide bonds. The van der Waals surface area contributed by atoms with Crippen molar-refractivity contribution in [2.45, 2.75) is 31.3 Å². The lowest BCUT2D eigenvalue weighted by Crippen LogP contribution is -2.37. The van der Waals surface area contributed by atoms with E-state index < -0.39 is 11.6 Å². The Hall–Kier alpha value is -1.07. The van der Waals surface area contributed by atoms with Crippen LogP contribution in [0.3, 0.4) is 0 Å². The fourth-order valence-corrected chi connectivity index (χ4v) is 2.53. The van der Waals surface area contributed by atoms with Crippen LogP contribution >= 0.6 is 15.9 Å². The molecule has 4 nitrogen and oxygen atoms in total. The van der Waals surface area contributed by atoms with Crippen molar-refractivity contribution < 1.29 is 19.4 Å². The first kappa shape index (κ1) is 14.3. The highest BCUT2D eigenvalue weighted by Gasteiger charge is 2.40. The van der Waals surface area contributed by atoms with Gasteiger partial charge in [0.25, 0.3) is 0 Å². The van der Waals surface area contributed by atoms with Crippen molar-refractivity contribution in [3.63, 3.8) is 0 Å². The van der Waals surface area contributed by atoms with Crippen LogP contribution < -0.4 is 4.74 Å². The first-order chi connectivity index (χ1) is 9.10. The summed E-state index contributed by atoms with van der Waals surface area (Å²) >= 11 is 3.35. The van der Waals surface area contributed by atoms with Gasteiger partial charge >= 0.3 is 5.97 Å². The van der Waals surface area contributed by atoms with Crippen molar-refractivity contribution in [2.24, 2.45) is 0 Å². The summed E-state index contributed by atoms with van der Waals surface area (Å²) in [5.41, 5.74) is -1.27. The standard InChI is InChI=1S/C14H17BrO4/c15-11-4-3-5-12(10-11)18-8-9-19-13(16)14(17)6-1-2-7-14/h3-5,10,17H,1-2,6-9H2. The van der Waals surface area contributed by atoms with Crippen LogP contribution in [0, 0.1) is 0 Å². The van der Waals surface area contributed by atoms with E-state index in [1.807, 2.05) is 24.3 Å². The maximum atomic E-state index is 11.7. The molecule has 104 valence electrons. The van der Waals surface area contributed by atoms with Gasteiger partial charge in [-0.1, -0.05) is 22.0 Å². The number of benzene rings is 1. The molecule has 0 unspecified atom stereocenters. The molecule has 0 bridgehead atoms. The van der Waals surface area contributed by atoms with Crippen LogP contribution in [0.1, 0.15) is 25.7 Å². The molecule has 2 rings (SSSR count). The average molecular weight is 329 g/mol. The van der Waals surface area contributed by atoms with Crippen LogP contribution in [0.5, 0.6) is 5.75 Å². The Kier molecular flexibility index (Phi) is 4.82. The Labute approximate surface area is 120 Å². The third-order valence-electron chi connectivity index (χ3n) is 3.19. The van der Waals surface area contributed by atoms with E-state index in [9.17, 15) is 9.90 Å². The third kappa shape index (κ3) is 3.94. The Morgan fingerprint density at radius 3 is 2.74 bits per heavy atom. The lowest BCUT2D eigenvalue weighted by atomic mass is 10.0. The minimum absolute atomic E-state index is 0.146. The normalized spacial score (nSPS) is 17.2. The minimum Gasteiger partial charge on any atom is -0.490 e. The van der Waals surface area contributed by atoms with Crippen molar-refractivity contribution in [3.8, 4) is 5.75 Å². The van der Waals surface area contributed by atoms with Gasteiger partial charge in [-0.25, -0.2) is 4.79 Å². The second-order valence-corrected chi connectivity index (χ2v) is 5.60. The van der Waals surface area contributed by atoms with Gasteiger partial charge in [0.1, 0.15) is 19.0 Å². The Morgan fingerprint density at radius 1 is 1.32 bits per heavy atom. The molecule has 1 aromatic rings. The van der Waals surface area contributed by atoms with Crippen LogP contribution in [0.2, 0.25) is 0 Å². The van der Waals surface area contributed by atoms with E-state index in [-0.39, 0.29) is 13.2 Å². The molecule has 1 N–H and O–H groups in total. The Bertz CT molecular complexity index is 441. The highest BCUT2D eigenvalue weighted by atomic mass is 79.9. The molecular weight excluding hydrogens is 312 g/mol. The number of hydrogen-bond acceptors (Lipinski definition) is 4. The van der Waals surface area contributed by atoms with Gasteiger partial charge < -0.3 is 14.6 Å². The maximum Gasteiger partial charge on any atom is 0.338 e. The second kappa shape index (κ2) is 6.39. The van der Waals surface area contributed by atoms with Crippen LogP contribution in [-0.2, 0) is 9.53 Å². The zero-order valence-electron chi connectivity index (χ0n) is 10.6. The number of esters is 1. The van der Waals surface area contributed by atoms with E-state index in [4.69, 9.17) is 9.47 Å². The number of carbonyl (C=O) groups is 1. The fourth-order valence-electron chi connectivity index (χ4n) is 2.15. The van der Waals surface area contributed by atoms with Gasteiger partial charge in [0, 0.05) is 4.47 Å². The number of aliphatic hydroxyl groups is 1. The lowest BCUT2D eigenvalue weighted by Gasteiger charge is -2.19. The largest absolute Gasteiger partial charge is 0.490 e. The maximum absolute atomic E-state index is 11.7. The van der Waals surface area contributed by atoms with Gasteiger partial charge in [-0.3, -0.25) is 0 Å². The molecule has 1 aromatic carbocycles. The molecule has 5 heteroatoms. The molecule has 1 fully saturated rings. The Morgan fingerprint density at radius 2 is 2.05 bits per heavy atom. The summed E-state index contributed by atoms with van der Waals surface area (Å²) in [4.78, 5) is 11.7. The first-order valence-corrected chi connectivity index (χ1v) is 7.17. The summed E-state index contributed by atoms with van der Waals surface area (Å²) in [5.74, 6) is 0.188. The van der Waals surface area contributed by atoms with Crippen LogP contribution in [-0.4, -0.2) is 29.9 Å².